The molecule has 0 radical (unpaired) electrons. The highest BCUT2D eigenvalue weighted by Gasteiger charge is 2.32. The molecule has 1 aromatic heterocycles. The van der Waals surface area contributed by atoms with E-state index >= 15 is 0 Å². The number of aromatic nitrogens is 1. The molecule has 112 valence electrons. The quantitative estimate of drug-likeness (QED) is 0.515. The first-order valence-electron chi connectivity index (χ1n) is 5.87. The Kier molecular flexibility index (Phi) is 3.66. The molecule has 2 amide bonds. The third-order valence-electron chi connectivity index (χ3n) is 3.16. The predicted molar refractivity (Wildman–Crippen MR) is 91.0 cm³/mol. The maximum absolute atomic E-state index is 12.3. The first-order chi connectivity index (χ1) is 10.3. The number of anilines is 1. The highest BCUT2D eigenvalue weighted by atomic mass is 127. The Balaban J connectivity index is 2.40. The summed E-state index contributed by atoms with van der Waals surface area (Å²) in [7, 11) is 0. The number of imide groups is 1. The number of hydrogen-bond donors (Lipinski definition) is 2. The van der Waals surface area contributed by atoms with Crippen LogP contribution in [0.2, 0.25) is 10.0 Å². The van der Waals surface area contributed by atoms with Crippen molar-refractivity contribution >= 4 is 63.4 Å². The van der Waals surface area contributed by atoms with Crippen LogP contribution in [0.4, 0.5) is 5.82 Å². The number of nitrogens with one attached hydrogen (secondary N) is 1. The number of carbonyl (C=O) groups is 2. The van der Waals surface area contributed by atoms with Gasteiger partial charge < -0.3 is 5.73 Å². The molecule has 0 atom stereocenters. The van der Waals surface area contributed by atoms with Crippen LogP contribution in [-0.2, 0) is 0 Å². The largest absolute Gasteiger partial charge is 0.384 e. The van der Waals surface area contributed by atoms with Crippen LogP contribution in [0, 0.1) is 3.57 Å². The second kappa shape index (κ2) is 5.25. The summed E-state index contributed by atoms with van der Waals surface area (Å²) < 4.78 is 1.67. The number of benzene rings is 1. The average molecular weight is 450 g/mol. The van der Waals surface area contributed by atoms with Gasteiger partial charge in [-0.1, -0.05) is 23.2 Å². The summed E-state index contributed by atoms with van der Waals surface area (Å²) in [5.74, 6) is -1.44. The molecule has 0 bridgehead atoms. The number of rotatable bonds is 1. The minimum Gasteiger partial charge on any atom is -0.384 e. The summed E-state index contributed by atoms with van der Waals surface area (Å²) in [6.45, 7) is 0. The number of nitrogens with zero attached hydrogens (tertiary/aromatic N) is 1. The van der Waals surface area contributed by atoms with Crippen molar-refractivity contribution in [3.05, 3.63) is 53.3 Å². The highest BCUT2D eigenvalue weighted by molar-refractivity contribution is 14.1. The van der Waals surface area contributed by atoms with Crippen molar-refractivity contribution in [3.8, 4) is 5.69 Å². The zero-order chi connectivity index (χ0) is 16.2. The van der Waals surface area contributed by atoms with Crippen LogP contribution < -0.4 is 16.6 Å². The van der Waals surface area contributed by atoms with Crippen molar-refractivity contribution in [2.45, 2.75) is 0 Å². The van der Waals surface area contributed by atoms with Crippen molar-refractivity contribution in [2.24, 2.45) is 0 Å². The third-order valence-corrected chi connectivity index (χ3v) is 4.49. The van der Waals surface area contributed by atoms with Gasteiger partial charge in [0.25, 0.3) is 17.4 Å². The number of fused-ring (bicyclic) bond motifs is 1. The number of nitrogen functional groups attached to an aromatic ring is 1. The summed E-state index contributed by atoms with van der Waals surface area (Å²) >= 11 is 14.0. The normalized spacial score (nSPS) is 13.2. The molecule has 0 aliphatic carbocycles. The molecule has 3 rings (SSSR count). The lowest BCUT2D eigenvalue weighted by Gasteiger charge is -2.15. The third kappa shape index (κ3) is 2.20. The number of nitrogens with two attached hydrogens (primary N) is 1. The number of amides is 2. The van der Waals surface area contributed by atoms with Crippen molar-refractivity contribution < 1.29 is 9.59 Å². The van der Waals surface area contributed by atoms with Gasteiger partial charge in [0.1, 0.15) is 5.82 Å². The van der Waals surface area contributed by atoms with Crippen LogP contribution >= 0.6 is 45.8 Å². The monoisotopic (exact) mass is 449 g/mol. The highest BCUT2D eigenvalue weighted by Crippen LogP contribution is 2.32. The van der Waals surface area contributed by atoms with Gasteiger partial charge >= 0.3 is 0 Å². The van der Waals surface area contributed by atoms with Crippen LogP contribution in [0.15, 0.2) is 23.0 Å². The van der Waals surface area contributed by atoms with Gasteiger partial charge in [-0.3, -0.25) is 24.3 Å². The molecule has 1 aromatic carbocycles. The number of hydrogen-bond acceptors (Lipinski definition) is 4. The molecule has 0 spiro atoms. The molecule has 1 aliphatic rings. The van der Waals surface area contributed by atoms with Crippen LogP contribution in [0.5, 0.6) is 0 Å². The predicted octanol–water partition coefficient (Wildman–Crippen LogP) is 2.21. The van der Waals surface area contributed by atoms with E-state index in [0.717, 1.165) is 10.6 Å². The first kappa shape index (κ1) is 15.3. The van der Waals surface area contributed by atoms with E-state index < -0.39 is 17.4 Å². The zero-order valence-corrected chi connectivity index (χ0v) is 14.3. The average Bonchev–Trinajstić information content (AvgIpc) is 2.67. The van der Waals surface area contributed by atoms with Gasteiger partial charge in [0.05, 0.1) is 21.8 Å². The Morgan fingerprint density at radius 3 is 2.41 bits per heavy atom. The van der Waals surface area contributed by atoms with Crippen LogP contribution in [0.25, 0.3) is 5.69 Å². The number of pyridine rings is 1. The zero-order valence-electron chi connectivity index (χ0n) is 10.6. The Morgan fingerprint density at radius 2 is 1.77 bits per heavy atom. The SMILES string of the molecule is Nc1c2c(cc(=O)n1-c1c(Cl)cc(Cl)cc1I)C(=O)NC2=O. The lowest BCUT2D eigenvalue weighted by atomic mass is 10.1. The van der Waals surface area contributed by atoms with E-state index in [1.165, 1.54) is 6.07 Å². The fourth-order valence-electron chi connectivity index (χ4n) is 2.26. The molecule has 9 heteroatoms. The first-order valence-corrected chi connectivity index (χ1v) is 7.71. The number of halogens is 3. The second-order valence-electron chi connectivity index (χ2n) is 4.49. The van der Waals surface area contributed by atoms with E-state index in [4.69, 9.17) is 28.9 Å². The molecule has 0 fully saturated rings. The topological polar surface area (TPSA) is 94.2 Å². The van der Waals surface area contributed by atoms with Crippen molar-refractivity contribution in [1.82, 2.24) is 9.88 Å². The molecule has 1 aliphatic heterocycles. The molecule has 22 heavy (non-hydrogen) atoms. The van der Waals surface area contributed by atoms with Gasteiger partial charge in [0.2, 0.25) is 0 Å². The Hall–Kier alpha value is -1.58. The maximum atomic E-state index is 12.3. The lowest BCUT2D eigenvalue weighted by Crippen LogP contribution is -2.25. The smallest absolute Gasteiger partial charge is 0.262 e. The summed E-state index contributed by atoms with van der Waals surface area (Å²) in [4.78, 5) is 35.8. The van der Waals surface area contributed by atoms with Crippen LogP contribution in [-0.4, -0.2) is 16.4 Å². The Morgan fingerprint density at radius 1 is 1.09 bits per heavy atom. The molecule has 3 N–H and O–H groups in total. The van der Waals surface area contributed by atoms with E-state index in [0.29, 0.717) is 14.3 Å². The minimum atomic E-state index is -0.647. The van der Waals surface area contributed by atoms with E-state index in [2.05, 4.69) is 5.32 Å². The van der Waals surface area contributed by atoms with Gasteiger partial charge in [0, 0.05) is 14.7 Å². The number of carbonyl (C=O) groups excluding carboxylic acids is 2. The Labute approximate surface area is 147 Å². The molecule has 0 unspecified atom stereocenters. The molecule has 2 aromatic rings. The van der Waals surface area contributed by atoms with Crippen molar-refractivity contribution in [2.75, 3.05) is 5.73 Å². The van der Waals surface area contributed by atoms with E-state index in [1.807, 2.05) is 22.6 Å². The molecule has 6 nitrogen and oxygen atoms in total. The minimum absolute atomic E-state index is 0.0357. The molecule has 0 saturated carbocycles. The molecule has 0 saturated heterocycles. The van der Waals surface area contributed by atoms with E-state index in [1.54, 1.807) is 6.07 Å². The van der Waals surface area contributed by atoms with Gasteiger partial charge in [-0.2, -0.15) is 0 Å². The van der Waals surface area contributed by atoms with Gasteiger partial charge in [-0.05, 0) is 34.7 Å². The van der Waals surface area contributed by atoms with Crippen LogP contribution in [0.1, 0.15) is 20.7 Å². The fraction of sp³-hybridized carbons (Fsp3) is 0. The van der Waals surface area contributed by atoms with Gasteiger partial charge in [0.15, 0.2) is 0 Å². The Bertz CT molecular complexity index is 900. The molecular formula is C13H6Cl2IN3O3. The lowest BCUT2D eigenvalue weighted by molar-refractivity contribution is 0.0880. The van der Waals surface area contributed by atoms with E-state index in [9.17, 15) is 14.4 Å². The van der Waals surface area contributed by atoms with Crippen molar-refractivity contribution in [1.29, 1.82) is 0 Å². The van der Waals surface area contributed by atoms with Crippen molar-refractivity contribution in [3.63, 3.8) is 0 Å². The fourth-order valence-corrected chi connectivity index (χ4v) is 4.05. The summed E-state index contributed by atoms with van der Waals surface area (Å²) in [5, 5.41) is 2.71. The van der Waals surface area contributed by atoms with Gasteiger partial charge in [-0.15, -0.1) is 0 Å². The molecular weight excluding hydrogens is 444 g/mol. The van der Waals surface area contributed by atoms with E-state index in [-0.39, 0.29) is 22.0 Å². The van der Waals surface area contributed by atoms with Crippen LogP contribution in [0.3, 0.4) is 0 Å². The van der Waals surface area contributed by atoms with Gasteiger partial charge in [-0.25, -0.2) is 0 Å². The summed E-state index contributed by atoms with van der Waals surface area (Å²) in [6, 6.07) is 4.13. The molecule has 2 heterocycles. The standard InChI is InChI=1S/C13H6Cl2IN3O3/c14-4-1-6(15)10(7(16)2-4)19-8(20)3-5-9(11(19)17)13(22)18-12(5)21/h1-3H,17H2,(H,18,21,22). The summed E-state index contributed by atoms with van der Waals surface area (Å²) in [6.07, 6.45) is 0. The maximum Gasteiger partial charge on any atom is 0.262 e. The second-order valence-corrected chi connectivity index (χ2v) is 6.50. The summed E-state index contributed by atoms with van der Waals surface area (Å²) in [5.41, 5.74) is 5.62.